The number of amides is 1. The molecule has 0 N–H and O–H groups in total. The highest BCUT2D eigenvalue weighted by molar-refractivity contribution is 14.1. The van der Waals surface area contributed by atoms with E-state index < -0.39 is 8.32 Å². The maximum atomic E-state index is 11.7. The van der Waals surface area contributed by atoms with Crippen LogP contribution in [0.2, 0.25) is 18.1 Å². The summed E-state index contributed by atoms with van der Waals surface area (Å²) in [6, 6.07) is 0.505. The van der Waals surface area contributed by atoms with Gasteiger partial charge in [-0.15, -0.1) is 0 Å². The first-order valence-electron chi connectivity index (χ1n) is 10.6. The summed E-state index contributed by atoms with van der Waals surface area (Å²) in [6.45, 7) is 15.8. The molecule has 1 fully saturated rings. The van der Waals surface area contributed by atoms with E-state index in [1.165, 1.54) is 36.9 Å². The highest BCUT2D eigenvalue weighted by Crippen LogP contribution is 2.39. The van der Waals surface area contributed by atoms with Crippen LogP contribution in [0.15, 0.2) is 0 Å². The Morgan fingerprint density at radius 3 is 2.46 bits per heavy atom. The number of hydrogen-bond acceptors (Lipinski definition) is 3. The van der Waals surface area contributed by atoms with E-state index in [2.05, 4.69) is 61.1 Å². The third-order valence-electron chi connectivity index (χ3n) is 7.13. The maximum absolute atomic E-state index is 11.7. The van der Waals surface area contributed by atoms with Crippen LogP contribution in [-0.4, -0.2) is 42.1 Å². The molecule has 3 rings (SSSR count). The lowest BCUT2D eigenvalue weighted by Crippen LogP contribution is -2.42. The van der Waals surface area contributed by atoms with Gasteiger partial charge in [-0.1, -0.05) is 20.8 Å². The average molecular weight is 518 g/mol. The van der Waals surface area contributed by atoms with Crippen molar-refractivity contribution in [2.24, 2.45) is 5.92 Å². The van der Waals surface area contributed by atoms with Crippen LogP contribution in [0, 0.1) is 9.62 Å². The van der Waals surface area contributed by atoms with Crippen molar-refractivity contribution in [2.45, 2.75) is 90.5 Å². The van der Waals surface area contributed by atoms with E-state index in [0.717, 1.165) is 29.8 Å². The zero-order chi connectivity index (χ0) is 20.7. The summed E-state index contributed by atoms with van der Waals surface area (Å²) in [5.41, 5.74) is 2.63. The van der Waals surface area contributed by atoms with Crippen LogP contribution in [0.1, 0.15) is 70.7 Å². The normalized spacial score (nSPS) is 23.6. The van der Waals surface area contributed by atoms with Gasteiger partial charge in [0.1, 0.15) is 3.70 Å². The number of carbonyl (C=O) groups excluding carboxylic acids is 1. The second-order valence-corrected chi connectivity index (χ2v) is 15.9. The Kier molecular flexibility index (Phi) is 6.66. The largest absolute Gasteiger partial charge is 0.417 e. The van der Waals surface area contributed by atoms with Gasteiger partial charge in [-0.3, -0.25) is 9.48 Å². The van der Waals surface area contributed by atoms with Gasteiger partial charge in [0, 0.05) is 37.8 Å². The Labute approximate surface area is 184 Å². The molecule has 0 saturated heterocycles. The molecule has 7 heteroatoms. The van der Waals surface area contributed by atoms with Gasteiger partial charge in [0.25, 0.3) is 0 Å². The van der Waals surface area contributed by atoms with Crippen molar-refractivity contribution < 1.29 is 9.22 Å². The minimum Gasteiger partial charge on any atom is -0.417 e. The molecule has 158 valence electrons. The highest BCUT2D eigenvalue weighted by Gasteiger charge is 2.38. The van der Waals surface area contributed by atoms with Crippen LogP contribution in [0.25, 0.3) is 0 Å². The second kappa shape index (κ2) is 8.38. The van der Waals surface area contributed by atoms with Gasteiger partial charge >= 0.3 is 0 Å². The Hall–Kier alpha value is -0.413. The Morgan fingerprint density at radius 1 is 1.25 bits per heavy atom. The minimum atomic E-state index is -1.65. The Balaban J connectivity index is 1.59. The number of aromatic nitrogens is 2. The highest BCUT2D eigenvalue weighted by atomic mass is 127. The molecular weight excluding hydrogens is 481 g/mol. The summed E-state index contributed by atoms with van der Waals surface area (Å²) in [4.78, 5) is 13.7. The fraction of sp³-hybridized carbons (Fsp3) is 0.810. The number of rotatable bonds is 4. The molecule has 1 amide bonds. The molecule has 5 nitrogen and oxygen atoms in total. The molecule has 1 aromatic heterocycles. The molecule has 1 aliphatic heterocycles. The predicted octanol–water partition coefficient (Wildman–Crippen LogP) is 5.15. The zero-order valence-corrected chi connectivity index (χ0v) is 21.5. The van der Waals surface area contributed by atoms with Crippen molar-refractivity contribution in [3.8, 4) is 0 Å². The lowest BCUT2D eigenvalue weighted by molar-refractivity contribution is -0.129. The summed E-state index contributed by atoms with van der Waals surface area (Å²) >= 11 is 2.34. The molecule has 0 radical (unpaired) electrons. The van der Waals surface area contributed by atoms with Gasteiger partial charge in [-0.05, 0) is 72.3 Å². The van der Waals surface area contributed by atoms with Gasteiger partial charge in [-0.2, -0.15) is 5.10 Å². The number of halogens is 1. The summed E-state index contributed by atoms with van der Waals surface area (Å²) in [7, 11) is -1.65. The molecule has 0 spiro atoms. The first-order chi connectivity index (χ1) is 13.0. The third-order valence-corrected chi connectivity index (χ3v) is 12.5. The third kappa shape index (κ3) is 4.66. The topological polar surface area (TPSA) is 47.4 Å². The van der Waals surface area contributed by atoms with Crippen LogP contribution in [0.4, 0.5) is 0 Å². The number of fused-ring (bicyclic) bond motifs is 1. The summed E-state index contributed by atoms with van der Waals surface area (Å²) in [5, 5.41) is 5.17. The van der Waals surface area contributed by atoms with Gasteiger partial charge in [0.15, 0.2) is 8.32 Å². The Morgan fingerprint density at radius 2 is 1.89 bits per heavy atom. The molecule has 1 aromatic rings. The van der Waals surface area contributed by atoms with Crippen molar-refractivity contribution in [3.63, 3.8) is 0 Å². The smallest absolute Gasteiger partial charge is 0.219 e. The van der Waals surface area contributed by atoms with Crippen molar-refractivity contribution >= 4 is 36.8 Å². The van der Waals surface area contributed by atoms with E-state index in [-0.39, 0.29) is 10.9 Å². The van der Waals surface area contributed by atoms with Gasteiger partial charge in [-0.25, -0.2) is 0 Å². The molecule has 1 saturated carbocycles. The molecular formula is C21H36IN3O2Si. The van der Waals surface area contributed by atoms with Gasteiger partial charge < -0.3 is 9.33 Å². The van der Waals surface area contributed by atoms with Gasteiger partial charge in [0.2, 0.25) is 5.91 Å². The first kappa shape index (κ1) is 22.3. The molecule has 0 bridgehead atoms. The summed E-state index contributed by atoms with van der Waals surface area (Å²) in [5.74, 6) is 0.848. The maximum Gasteiger partial charge on any atom is 0.219 e. The number of hydrogen-bond donors (Lipinski definition) is 0. The van der Waals surface area contributed by atoms with Crippen molar-refractivity contribution in [3.05, 3.63) is 15.0 Å². The van der Waals surface area contributed by atoms with Gasteiger partial charge in [0.05, 0.1) is 12.6 Å². The molecule has 2 aliphatic rings. The first-order valence-corrected chi connectivity index (χ1v) is 14.6. The quantitative estimate of drug-likeness (QED) is 0.410. The predicted molar refractivity (Wildman–Crippen MR) is 124 cm³/mol. The fourth-order valence-electron chi connectivity index (χ4n) is 4.07. The SMILES string of the molecule is CC(=O)N1CCc2c(c(I)nn2C2CCC(CO[Si](C)(C)C(C)(C)C)CC2)C1. The fourth-order valence-corrected chi connectivity index (χ4v) is 5.87. The second-order valence-electron chi connectivity index (χ2n) is 10.1. The standard InChI is InChI=1S/C21H36IN3O2Si/c1-15(26)24-12-11-19-18(13-24)20(22)23-25(19)17-9-7-16(8-10-17)14-27-28(5,6)21(2,3)4/h16-17H,7-14H2,1-6H3. The number of carbonyl (C=O) groups is 1. The molecule has 28 heavy (non-hydrogen) atoms. The Bertz CT molecular complexity index is 718. The van der Waals surface area contributed by atoms with E-state index in [4.69, 9.17) is 9.52 Å². The van der Waals surface area contributed by atoms with E-state index in [9.17, 15) is 4.79 Å². The van der Waals surface area contributed by atoms with Crippen molar-refractivity contribution in [2.75, 3.05) is 13.2 Å². The van der Waals surface area contributed by atoms with E-state index in [1.807, 2.05) is 4.90 Å². The van der Waals surface area contributed by atoms with Crippen LogP contribution in [0.5, 0.6) is 0 Å². The van der Waals surface area contributed by atoms with Crippen LogP contribution in [0.3, 0.4) is 0 Å². The van der Waals surface area contributed by atoms with Crippen molar-refractivity contribution in [1.82, 2.24) is 14.7 Å². The summed E-state index contributed by atoms with van der Waals surface area (Å²) in [6.07, 6.45) is 5.76. The van der Waals surface area contributed by atoms with Crippen LogP contribution >= 0.6 is 22.6 Å². The van der Waals surface area contributed by atoms with Crippen LogP contribution in [-0.2, 0) is 22.2 Å². The van der Waals surface area contributed by atoms with E-state index in [0.29, 0.717) is 12.0 Å². The molecule has 2 heterocycles. The molecule has 0 aromatic carbocycles. The summed E-state index contributed by atoms with van der Waals surface area (Å²) < 4.78 is 9.86. The lowest BCUT2D eigenvalue weighted by Gasteiger charge is -2.38. The lowest BCUT2D eigenvalue weighted by atomic mass is 9.86. The zero-order valence-electron chi connectivity index (χ0n) is 18.3. The van der Waals surface area contributed by atoms with E-state index in [1.54, 1.807) is 6.92 Å². The molecule has 1 aliphatic carbocycles. The monoisotopic (exact) mass is 517 g/mol. The van der Waals surface area contributed by atoms with E-state index >= 15 is 0 Å². The molecule has 0 atom stereocenters. The minimum absolute atomic E-state index is 0.163. The van der Waals surface area contributed by atoms with Crippen LogP contribution < -0.4 is 0 Å². The van der Waals surface area contributed by atoms with Crippen molar-refractivity contribution in [1.29, 1.82) is 0 Å². The number of nitrogens with zero attached hydrogens (tertiary/aromatic N) is 3. The average Bonchev–Trinajstić information content (AvgIpc) is 2.96. The molecule has 0 unspecified atom stereocenters.